The van der Waals surface area contributed by atoms with Crippen LogP contribution in [0.15, 0.2) is 33.8 Å². The average Bonchev–Trinajstić information content (AvgIpc) is 3.28. The second-order valence-corrected chi connectivity index (χ2v) is 8.65. The molecule has 1 saturated heterocycles. The number of halogens is 2. The number of thioether (sulfide) groups is 1. The van der Waals surface area contributed by atoms with Gasteiger partial charge >= 0.3 is 0 Å². The minimum Gasteiger partial charge on any atom is -0.356 e. The molecule has 6 nitrogen and oxygen atoms in total. The van der Waals surface area contributed by atoms with Gasteiger partial charge in [0.05, 0.1) is 0 Å². The van der Waals surface area contributed by atoms with Crippen molar-refractivity contribution < 1.29 is 4.52 Å². The van der Waals surface area contributed by atoms with E-state index in [4.69, 9.17) is 16.1 Å². The van der Waals surface area contributed by atoms with E-state index in [0.29, 0.717) is 34.5 Å². The van der Waals surface area contributed by atoms with Crippen molar-refractivity contribution in [2.75, 3.05) is 25.9 Å². The maximum Gasteiger partial charge on any atom is 0.228 e. The third-order valence-corrected chi connectivity index (χ3v) is 6.11. The van der Waals surface area contributed by atoms with Crippen LogP contribution in [0.2, 0.25) is 5.02 Å². The molecule has 0 saturated carbocycles. The lowest BCUT2D eigenvalue weighted by atomic mass is 10.1. The summed E-state index contributed by atoms with van der Waals surface area (Å²) in [5.74, 6) is 3.18. The zero-order chi connectivity index (χ0) is 18.4. The van der Waals surface area contributed by atoms with Crippen molar-refractivity contribution in [3.63, 3.8) is 0 Å². The molecule has 0 aliphatic carbocycles. The molecular formula is C18H25ClIN5OS. The van der Waals surface area contributed by atoms with Crippen molar-refractivity contribution in [1.29, 1.82) is 0 Å². The number of aromatic nitrogens is 2. The highest BCUT2D eigenvalue weighted by molar-refractivity contribution is 14.0. The number of aliphatic imine (C=N–C) groups is 1. The van der Waals surface area contributed by atoms with E-state index in [9.17, 15) is 0 Å². The molecule has 2 aromatic rings. The van der Waals surface area contributed by atoms with Crippen molar-refractivity contribution in [3.05, 3.63) is 35.2 Å². The quantitative estimate of drug-likeness (QED) is 0.340. The van der Waals surface area contributed by atoms with Crippen molar-refractivity contribution in [2.45, 2.75) is 30.9 Å². The van der Waals surface area contributed by atoms with Gasteiger partial charge in [-0.1, -0.05) is 28.9 Å². The molecule has 2 heterocycles. The van der Waals surface area contributed by atoms with Crippen LogP contribution >= 0.6 is 47.3 Å². The number of rotatable bonds is 6. The van der Waals surface area contributed by atoms with Gasteiger partial charge in [0.2, 0.25) is 11.7 Å². The fraction of sp³-hybridized carbons (Fsp3) is 0.500. The van der Waals surface area contributed by atoms with E-state index < -0.39 is 0 Å². The molecule has 9 heteroatoms. The number of guanidine groups is 1. The summed E-state index contributed by atoms with van der Waals surface area (Å²) in [6.45, 7) is 3.89. The van der Waals surface area contributed by atoms with E-state index >= 15 is 0 Å². The lowest BCUT2D eigenvalue weighted by Gasteiger charge is -2.24. The first kappa shape index (κ1) is 22.3. The smallest absolute Gasteiger partial charge is 0.228 e. The van der Waals surface area contributed by atoms with Crippen LogP contribution in [0.25, 0.3) is 11.4 Å². The third kappa shape index (κ3) is 6.53. The predicted octanol–water partition coefficient (Wildman–Crippen LogP) is 4.00. The van der Waals surface area contributed by atoms with E-state index in [1.165, 1.54) is 18.6 Å². The lowest BCUT2D eigenvalue weighted by Crippen LogP contribution is -2.44. The van der Waals surface area contributed by atoms with Gasteiger partial charge in [-0.05, 0) is 37.7 Å². The van der Waals surface area contributed by atoms with E-state index in [2.05, 4.69) is 32.7 Å². The Bertz CT molecular complexity index is 764. The number of nitrogens with one attached hydrogen (secondary N) is 2. The summed E-state index contributed by atoms with van der Waals surface area (Å²) >= 11 is 8.04. The summed E-state index contributed by atoms with van der Waals surface area (Å²) in [6, 6.07) is 7.42. The molecule has 2 N–H and O–H groups in total. The van der Waals surface area contributed by atoms with Crippen LogP contribution in [0.1, 0.15) is 25.7 Å². The normalized spacial score (nSPS) is 19.6. The third-order valence-electron chi connectivity index (χ3n) is 4.34. The fourth-order valence-electron chi connectivity index (χ4n) is 2.86. The summed E-state index contributed by atoms with van der Waals surface area (Å²) < 4.78 is 5.63. The second-order valence-electron chi connectivity index (χ2n) is 6.53. The Labute approximate surface area is 186 Å². The molecule has 0 spiro atoms. The van der Waals surface area contributed by atoms with Crippen LogP contribution in [0, 0.1) is 0 Å². The van der Waals surface area contributed by atoms with Gasteiger partial charge in [-0.25, -0.2) is 0 Å². The number of nitrogens with zero attached hydrogens (tertiary/aromatic N) is 3. The molecule has 1 atom stereocenters. The molecule has 1 unspecified atom stereocenters. The summed E-state index contributed by atoms with van der Waals surface area (Å²) in [7, 11) is 1.78. The number of benzene rings is 1. The van der Waals surface area contributed by atoms with Crippen LogP contribution in [0.4, 0.5) is 0 Å². The summed E-state index contributed by atoms with van der Waals surface area (Å²) in [5, 5.41) is 11.4. The zero-order valence-electron chi connectivity index (χ0n) is 15.5. The van der Waals surface area contributed by atoms with Crippen LogP contribution < -0.4 is 10.6 Å². The van der Waals surface area contributed by atoms with Gasteiger partial charge in [-0.15, -0.1) is 24.0 Å². The van der Waals surface area contributed by atoms with Crippen molar-refractivity contribution in [3.8, 4) is 11.4 Å². The molecule has 3 rings (SSSR count). The molecule has 148 valence electrons. The van der Waals surface area contributed by atoms with E-state index in [0.717, 1.165) is 18.1 Å². The molecule has 0 bridgehead atoms. The molecular weight excluding hydrogens is 497 g/mol. The Kier molecular flexibility index (Phi) is 8.68. The first-order chi connectivity index (χ1) is 12.6. The van der Waals surface area contributed by atoms with Gasteiger partial charge in [0.25, 0.3) is 0 Å². The number of hydrogen-bond acceptors (Lipinski definition) is 5. The molecule has 1 aromatic carbocycles. The predicted molar refractivity (Wildman–Crippen MR) is 123 cm³/mol. The zero-order valence-corrected chi connectivity index (χ0v) is 19.4. The summed E-state index contributed by atoms with van der Waals surface area (Å²) in [5.41, 5.74) is 0.847. The van der Waals surface area contributed by atoms with Gasteiger partial charge in [0.1, 0.15) is 0 Å². The monoisotopic (exact) mass is 521 g/mol. The molecule has 1 aliphatic rings. The highest BCUT2D eigenvalue weighted by Crippen LogP contribution is 2.36. The van der Waals surface area contributed by atoms with Crippen LogP contribution in [0.3, 0.4) is 0 Å². The molecule has 0 radical (unpaired) electrons. The minimum absolute atomic E-state index is 0. The van der Waals surface area contributed by atoms with E-state index in [-0.39, 0.29) is 24.0 Å². The standard InChI is InChI=1S/C18H24ClN5OS.HI/c1-18(8-4-10-26-18)12-22-17(20-2)21-9-7-15-23-16(24-25-15)13-5-3-6-14(19)11-13;/h3,5-6,11H,4,7-10,12H2,1-2H3,(H2,20,21,22);1H. The molecule has 1 aromatic heterocycles. The summed E-state index contributed by atoms with van der Waals surface area (Å²) in [6.07, 6.45) is 3.16. The minimum atomic E-state index is 0. The molecule has 1 aliphatic heterocycles. The Morgan fingerprint density at radius 1 is 1.41 bits per heavy atom. The fourth-order valence-corrected chi connectivity index (χ4v) is 4.29. The van der Waals surface area contributed by atoms with E-state index in [1.54, 1.807) is 7.05 Å². The van der Waals surface area contributed by atoms with Gasteiger partial charge < -0.3 is 15.2 Å². The van der Waals surface area contributed by atoms with Gasteiger partial charge in [0, 0.05) is 41.9 Å². The largest absolute Gasteiger partial charge is 0.356 e. The first-order valence-electron chi connectivity index (χ1n) is 8.75. The highest BCUT2D eigenvalue weighted by atomic mass is 127. The van der Waals surface area contributed by atoms with Crippen LogP contribution in [0.5, 0.6) is 0 Å². The van der Waals surface area contributed by atoms with Crippen molar-refractivity contribution in [2.24, 2.45) is 4.99 Å². The maximum atomic E-state index is 6.00. The van der Waals surface area contributed by atoms with Crippen molar-refractivity contribution in [1.82, 2.24) is 20.8 Å². The SMILES string of the molecule is CN=C(NCCc1nc(-c2cccc(Cl)c2)no1)NCC1(C)CCCS1.I. The molecule has 27 heavy (non-hydrogen) atoms. The van der Waals surface area contributed by atoms with E-state index in [1.807, 2.05) is 36.0 Å². The lowest BCUT2D eigenvalue weighted by molar-refractivity contribution is 0.378. The van der Waals surface area contributed by atoms with Gasteiger partial charge in [0.15, 0.2) is 5.96 Å². The van der Waals surface area contributed by atoms with Gasteiger partial charge in [-0.2, -0.15) is 16.7 Å². The Balaban J connectivity index is 0.00000261. The van der Waals surface area contributed by atoms with Crippen LogP contribution in [-0.4, -0.2) is 46.7 Å². The summed E-state index contributed by atoms with van der Waals surface area (Å²) in [4.78, 5) is 8.70. The Hall–Kier alpha value is -1.000. The van der Waals surface area contributed by atoms with Crippen molar-refractivity contribution >= 4 is 53.3 Å². The van der Waals surface area contributed by atoms with Gasteiger partial charge in [-0.3, -0.25) is 4.99 Å². The molecule has 1 fully saturated rings. The second kappa shape index (κ2) is 10.5. The maximum absolute atomic E-state index is 6.00. The molecule has 0 amide bonds. The Morgan fingerprint density at radius 2 is 2.26 bits per heavy atom. The van der Waals surface area contributed by atoms with Crippen LogP contribution in [-0.2, 0) is 6.42 Å². The number of hydrogen-bond donors (Lipinski definition) is 2. The first-order valence-corrected chi connectivity index (χ1v) is 10.1. The average molecular weight is 522 g/mol. The topological polar surface area (TPSA) is 75.3 Å². The Morgan fingerprint density at radius 3 is 2.96 bits per heavy atom. The highest BCUT2D eigenvalue weighted by Gasteiger charge is 2.29.